The highest BCUT2D eigenvalue weighted by atomic mass is 32.2. The first kappa shape index (κ1) is 18.6. The van der Waals surface area contributed by atoms with Gasteiger partial charge in [-0.15, -0.1) is 11.8 Å². The number of hydrogen-bond acceptors (Lipinski definition) is 6. The second kappa shape index (κ2) is 7.46. The first-order chi connectivity index (χ1) is 14.6. The van der Waals surface area contributed by atoms with Gasteiger partial charge in [-0.05, 0) is 30.0 Å². The van der Waals surface area contributed by atoms with Gasteiger partial charge in [0.2, 0.25) is 11.7 Å². The molecular weight excluding hydrogens is 400 g/mol. The van der Waals surface area contributed by atoms with Crippen LogP contribution in [0.3, 0.4) is 0 Å². The third-order valence-electron chi connectivity index (χ3n) is 5.14. The maximum atomic E-state index is 13.4. The molecule has 2 aromatic carbocycles. The summed E-state index contributed by atoms with van der Waals surface area (Å²) in [7, 11) is 0. The lowest BCUT2D eigenvalue weighted by Gasteiger charge is -2.40. The average Bonchev–Trinajstić information content (AvgIpc) is 3.42. The van der Waals surface area contributed by atoms with Crippen molar-refractivity contribution >= 4 is 29.4 Å². The van der Waals surface area contributed by atoms with E-state index in [1.807, 2.05) is 66.9 Å². The van der Waals surface area contributed by atoms with Crippen molar-refractivity contribution in [3.05, 3.63) is 77.5 Å². The van der Waals surface area contributed by atoms with Crippen molar-refractivity contribution in [1.82, 2.24) is 15.0 Å². The van der Waals surface area contributed by atoms with Crippen molar-refractivity contribution in [2.75, 3.05) is 4.90 Å². The minimum atomic E-state index is -0.390. The molecule has 3 aromatic rings. The van der Waals surface area contributed by atoms with Gasteiger partial charge < -0.3 is 9.42 Å². The van der Waals surface area contributed by atoms with Crippen LogP contribution in [-0.2, 0) is 11.3 Å². The second-order valence-corrected chi connectivity index (χ2v) is 8.23. The van der Waals surface area contributed by atoms with E-state index in [4.69, 9.17) is 4.52 Å². The number of carbonyl (C=O) groups excluding carboxylic acids is 2. The van der Waals surface area contributed by atoms with E-state index < -0.39 is 6.03 Å². The van der Waals surface area contributed by atoms with E-state index in [2.05, 4.69) is 10.1 Å². The molecule has 0 bridgehead atoms. The van der Waals surface area contributed by atoms with Crippen molar-refractivity contribution in [2.45, 2.75) is 24.8 Å². The number of nitrogens with zero attached hydrogens (tertiary/aromatic N) is 4. The molecule has 0 saturated carbocycles. The van der Waals surface area contributed by atoms with E-state index in [0.717, 1.165) is 11.1 Å². The number of benzene rings is 2. The van der Waals surface area contributed by atoms with Crippen molar-refractivity contribution < 1.29 is 14.1 Å². The average molecular weight is 418 g/mol. The molecule has 1 saturated heterocycles. The summed E-state index contributed by atoms with van der Waals surface area (Å²) in [6, 6.07) is 16.1. The number of fused-ring (bicyclic) bond motifs is 1. The molecule has 0 N–H and O–H groups in total. The van der Waals surface area contributed by atoms with Crippen LogP contribution in [-0.4, -0.2) is 38.3 Å². The molecular formula is C22H18N4O3S. The molecule has 1 fully saturated rings. The van der Waals surface area contributed by atoms with Crippen molar-refractivity contribution in [3.63, 3.8) is 0 Å². The second-order valence-electron chi connectivity index (χ2n) is 7.18. The lowest BCUT2D eigenvalue weighted by Crippen LogP contribution is -2.61. The Bertz CT molecular complexity index is 1140. The van der Waals surface area contributed by atoms with Gasteiger partial charge in [0, 0.05) is 5.56 Å². The van der Waals surface area contributed by atoms with Gasteiger partial charge in [0.1, 0.15) is 11.8 Å². The van der Waals surface area contributed by atoms with Gasteiger partial charge >= 0.3 is 6.03 Å². The largest absolute Gasteiger partial charge is 0.337 e. The summed E-state index contributed by atoms with van der Waals surface area (Å²) in [5, 5.41) is 5.52. The van der Waals surface area contributed by atoms with Crippen LogP contribution in [0.2, 0.25) is 0 Å². The molecule has 2 aliphatic heterocycles. The molecule has 2 atom stereocenters. The van der Waals surface area contributed by atoms with Gasteiger partial charge in [0.05, 0.1) is 11.7 Å². The minimum absolute atomic E-state index is 0.125. The summed E-state index contributed by atoms with van der Waals surface area (Å²) < 4.78 is 5.42. The quantitative estimate of drug-likeness (QED) is 0.637. The molecule has 2 aliphatic rings. The smallest absolute Gasteiger partial charge is 0.332 e. The number of anilines is 1. The minimum Gasteiger partial charge on any atom is -0.337 e. The topological polar surface area (TPSA) is 79.5 Å². The van der Waals surface area contributed by atoms with Gasteiger partial charge in [-0.25, -0.2) is 9.69 Å². The first-order valence-electron chi connectivity index (χ1n) is 9.53. The van der Waals surface area contributed by atoms with Crippen LogP contribution < -0.4 is 4.90 Å². The van der Waals surface area contributed by atoms with E-state index >= 15 is 0 Å². The number of urea groups is 1. The fraction of sp³-hybridized carbons (Fsp3) is 0.182. The van der Waals surface area contributed by atoms with E-state index in [1.54, 1.807) is 11.0 Å². The zero-order chi connectivity index (χ0) is 20.7. The molecule has 3 amide bonds. The van der Waals surface area contributed by atoms with Crippen LogP contribution in [0.1, 0.15) is 11.5 Å². The highest BCUT2D eigenvalue weighted by Crippen LogP contribution is 2.37. The fourth-order valence-corrected chi connectivity index (χ4v) is 4.73. The summed E-state index contributed by atoms with van der Waals surface area (Å²) in [6.45, 7) is 2.05. The number of aromatic nitrogens is 2. The number of imide groups is 1. The number of hydrogen-bond donors (Lipinski definition) is 0. The standard InChI is InChI=1S/C22H18N4O3S/c1-14-6-5-9-16(12-14)26-21(27)19-17(10-11-30-19)25(22(26)28)13-18-23-20(24-29-18)15-7-3-2-4-8-15/h2-12,17,19H,13H2,1H3. The fourth-order valence-electron chi connectivity index (χ4n) is 3.69. The van der Waals surface area contributed by atoms with Crippen LogP contribution in [0, 0.1) is 6.92 Å². The molecule has 8 heteroatoms. The van der Waals surface area contributed by atoms with Crippen LogP contribution >= 0.6 is 11.8 Å². The zero-order valence-corrected chi connectivity index (χ0v) is 17.0. The Morgan fingerprint density at radius 2 is 1.93 bits per heavy atom. The number of thioether (sulfide) groups is 1. The Labute approximate surface area is 177 Å². The Kier molecular flexibility index (Phi) is 4.63. The van der Waals surface area contributed by atoms with Crippen LogP contribution in [0.15, 0.2) is 70.6 Å². The lowest BCUT2D eigenvalue weighted by atomic mass is 10.1. The normalized spacial score (nSPS) is 20.7. The predicted molar refractivity (Wildman–Crippen MR) is 114 cm³/mol. The van der Waals surface area contributed by atoms with Crippen LogP contribution in [0.4, 0.5) is 10.5 Å². The third kappa shape index (κ3) is 3.19. The SMILES string of the molecule is Cc1cccc(N2C(=O)C3SC=CC3N(Cc3nc(-c4ccccc4)no3)C2=O)c1. The molecule has 1 aromatic heterocycles. The summed E-state index contributed by atoms with van der Waals surface area (Å²) in [5.41, 5.74) is 2.38. The maximum Gasteiger partial charge on any atom is 0.332 e. The summed E-state index contributed by atoms with van der Waals surface area (Å²) in [6.07, 6.45) is 1.88. The zero-order valence-electron chi connectivity index (χ0n) is 16.1. The Morgan fingerprint density at radius 3 is 2.73 bits per heavy atom. The number of rotatable bonds is 4. The molecule has 7 nitrogen and oxygen atoms in total. The Hall–Kier alpha value is -3.39. The van der Waals surface area contributed by atoms with Crippen molar-refractivity contribution in [3.8, 4) is 11.4 Å². The van der Waals surface area contributed by atoms with Gasteiger partial charge in [0.15, 0.2) is 0 Å². The van der Waals surface area contributed by atoms with Gasteiger partial charge in [0.25, 0.3) is 5.91 Å². The molecule has 3 heterocycles. The Morgan fingerprint density at radius 1 is 1.10 bits per heavy atom. The monoisotopic (exact) mass is 418 g/mol. The van der Waals surface area contributed by atoms with Gasteiger partial charge in [-0.2, -0.15) is 4.98 Å². The summed E-state index contributed by atoms with van der Waals surface area (Å²) in [4.78, 5) is 33.8. The first-order valence-corrected chi connectivity index (χ1v) is 10.5. The Balaban J connectivity index is 1.46. The molecule has 0 aliphatic carbocycles. The van der Waals surface area contributed by atoms with Crippen LogP contribution in [0.25, 0.3) is 11.4 Å². The third-order valence-corrected chi connectivity index (χ3v) is 6.23. The summed E-state index contributed by atoms with van der Waals surface area (Å²) in [5.74, 6) is 0.580. The van der Waals surface area contributed by atoms with Gasteiger partial charge in [-0.3, -0.25) is 4.79 Å². The van der Waals surface area contributed by atoms with E-state index in [9.17, 15) is 9.59 Å². The van der Waals surface area contributed by atoms with Crippen molar-refractivity contribution in [1.29, 1.82) is 0 Å². The molecule has 2 unspecified atom stereocenters. The number of carbonyl (C=O) groups is 2. The van der Waals surface area contributed by atoms with Gasteiger partial charge in [-0.1, -0.05) is 53.7 Å². The number of amides is 3. The molecule has 150 valence electrons. The van der Waals surface area contributed by atoms with E-state index in [0.29, 0.717) is 17.4 Å². The highest BCUT2D eigenvalue weighted by molar-refractivity contribution is 8.03. The van der Waals surface area contributed by atoms with Crippen molar-refractivity contribution in [2.24, 2.45) is 0 Å². The lowest BCUT2D eigenvalue weighted by molar-refractivity contribution is -0.119. The predicted octanol–water partition coefficient (Wildman–Crippen LogP) is 4.01. The molecule has 0 radical (unpaired) electrons. The molecule has 30 heavy (non-hydrogen) atoms. The summed E-state index contributed by atoms with van der Waals surface area (Å²) >= 11 is 1.42. The van der Waals surface area contributed by atoms with Crippen LogP contribution in [0.5, 0.6) is 0 Å². The number of aryl methyl sites for hydroxylation is 1. The highest BCUT2D eigenvalue weighted by Gasteiger charge is 2.48. The van der Waals surface area contributed by atoms with E-state index in [1.165, 1.54) is 16.7 Å². The maximum absolute atomic E-state index is 13.4. The molecule has 5 rings (SSSR count). The van der Waals surface area contributed by atoms with E-state index in [-0.39, 0.29) is 23.7 Å². The molecule has 0 spiro atoms.